The van der Waals surface area contributed by atoms with Gasteiger partial charge in [-0.1, -0.05) is 12.1 Å². The number of rotatable bonds is 3. The molecule has 21 heavy (non-hydrogen) atoms. The molecule has 0 spiro atoms. The monoisotopic (exact) mass is 280 g/mol. The summed E-state index contributed by atoms with van der Waals surface area (Å²) in [4.78, 5) is 16.0. The minimum absolute atomic E-state index is 0.0686. The molecule has 6 nitrogen and oxygen atoms in total. The minimum Gasteiger partial charge on any atom is -0.504 e. The number of aromatic hydroxyl groups is 1. The van der Waals surface area contributed by atoms with E-state index in [4.69, 9.17) is 0 Å². The number of hydrogen-bond acceptors (Lipinski definition) is 4. The Morgan fingerprint density at radius 1 is 1.14 bits per heavy atom. The van der Waals surface area contributed by atoms with Gasteiger partial charge in [0.2, 0.25) is 0 Å². The quantitative estimate of drug-likeness (QED) is 0.687. The Morgan fingerprint density at radius 2 is 1.95 bits per heavy atom. The topological polar surface area (TPSA) is 90.9 Å². The third kappa shape index (κ3) is 2.74. The number of aromatic amines is 1. The average molecular weight is 280 g/mol. The molecule has 3 N–H and O–H groups in total. The lowest BCUT2D eigenvalue weighted by atomic mass is 10.1. The molecule has 0 radical (unpaired) electrons. The number of hydrogen-bond donors (Lipinski definition) is 3. The van der Waals surface area contributed by atoms with E-state index < -0.39 is 0 Å². The van der Waals surface area contributed by atoms with Gasteiger partial charge in [0.25, 0.3) is 5.91 Å². The van der Waals surface area contributed by atoms with E-state index in [-0.39, 0.29) is 17.5 Å². The first kappa shape index (κ1) is 12.9. The molecule has 1 aromatic carbocycles. The summed E-state index contributed by atoms with van der Waals surface area (Å²) in [7, 11) is 0. The maximum absolute atomic E-state index is 12.1. The van der Waals surface area contributed by atoms with E-state index in [0.717, 1.165) is 11.1 Å². The molecule has 1 amide bonds. The van der Waals surface area contributed by atoms with Gasteiger partial charge in [-0.05, 0) is 29.8 Å². The first-order chi connectivity index (χ1) is 10.2. The van der Waals surface area contributed by atoms with E-state index in [2.05, 4.69) is 20.5 Å². The number of benzene rings is 1. The first-order valence-electron chi connectivity index (χ1n) is 6.28. The number of anilines is 1. The van der Waals surface area contributed by atoms with Crippen molar-refractivity contribution in [1.29, 1.82) is 0 Å². The van der Waals surface area contributed by atoms with Crippen LogP contribution in [0.1, 0.15) is 10.4 Å². The molecular weight excluding hydrogens is 268 g/mol. The van der Waals surface area contributed by atoms with Crippen LogP contribution in [0, 0.1) is 0 Å². The predicted molar refractivity (Wildman–Crippen MR) is 77.9 cm³/mol. The van der Waals surface area contributed by atoms with Crippen molar-refractivity contribution in [1.82, 2.24) is 15.2 Å². The highest BCUT2D eigenvalue weighted by molar-refractivity contribution is 6.04. The van der Waals surface area contributed by atoms with Crippen molar-refractivity contribution < 1.29 is 9.90 Å². The van der Waals surface area contributed by atoms with Crippen LogP contribution in [0.2, 0.25) is 0 Å². The van der Waals surface area contributed by atoms with Crippen LogP contribution < -0.4 is 5.32 Å². The van der Waals surface area contributed by atoms with Crippen LogP contribution in [-0.4, -0.2) is 26.2 Å². The summed E-state index contributed by atoms with van der Waals surface area (Å²) in [5.74, 6) is -0.259. The zero-order valence-corrected chi connectivity index (χ0v) is 10.9. The number of carbonyl (C=O) groups is 1. The smallest absolute Gasteiger partial charge is 0.256 e. The van der Waals surface area contributed by atoms with E-state index in [0.29, 0.717) is 5.56 Å². The third-order valence-corrected chi connectivity index (χ3v) is 3.00. The summed E-state index contributed by atoms with van der Waals surface area (Å²) in [5, 5.41) is 18.8. The summed E-state index contributed by atoms with van der Waals surface area (Å²) in [6, 6.07) is 10.1. The van der Waals surface area contributed by atoms with Gasteiger partial charge in [-0.15, -0.1) is 0 Å². The van der Waals surface area contributed by atoms with Crippen molar-refractivity contribution in [3.63, 3.8) is 0 Å². The molecule has 0 saturated heterocycles. The molecule has 0 saturated carbocycles. The van der Waals surface area contributed by atoms with Crippen LogP contribution in [0.4, 0.5) is 5.82 Å². The lowest BCUT2D eigenvalue weighted by Gasteiger charge is -2.06. The Bertz CT molecular complexity index is 752. The van der Waals surface area contributed by atoms with Crippen molar-refractivity contribution in [3.05, 3.63) is 60.6 Å². The molecule has 104 valence electrons. The van der Waals surface area contributed by atoms with Crippen LogP contribution in [0.3, 0.4) is 0 Å². The molecule has 0 aliphatic heterocycles. The number of amides is 1. The molecule has 2 aromatic heterocycles. The molecule has 6 heteroatoms. The van der Waals surface area contributed by atoms with Crippen molar-refractivity contribution in [3.8, 4) is 16.9 Å². The second-order valence-electron chi connectivity index (χ2n) is 4.39. The van der Waals surface area contributed by atoms with E-state index in [1.54, 1.807) is 30.6 Å². The van der Waals surface area contributed by atoms with Crippen LogP contribution >= 0.6 is 0 Å². The minimum atomic E-state index is -0.331. The number of H-pyrrole nitrogens is 1. The predicted octanol–water partition coefficient (Wildman–Crippen LogP) is 2.43. The molecule has 2 heterocycles. The second kappa shape index (κ2) is 5.46. The summed E-state index contributed by atoms with van der Waals surface area (Å²) < 4.78 is 0. The highest BCUT2D eigenvalue weighted by atomic mass is 16.3. The fourth-order valence-electron chi connectivity index (χ4n) is 1.90. The number of nitrogens with zero attached hydrogens (tertiary/aromatic N) is 2. The molecule has 0 aliphatic carbocycles. The number of carbonyl (C=O) groups excluding carboxylic acids is 1. The van der Waals surface area contributed by atoms with Gasteiger partial charge >= 0.3 is 0 Å². The Balaban J connectivity index is 1.78. The van der Waals surface area contributed by atoms with E-state index in [1.165, 1.54) is 12.3 Å². The zero-order chi connectivity index (χ0) is 14.7. The number of pyridine rings is 1. The van der Waals surface area contributed by atoms with Crippen LogP contribution in [0.5, 0.6) is 5.75 Å². The van der Waals surface area contributed by atoms with E-state index >= 15 is 0 Å². The normalized spacial score (nSPS) is 10.3. The van der Waals surface area contributed by atoms with Gasteiger partial charge in [-0.3, -0.25) is 9.89 Å². The van der Waals surface area contributed by atoms with E-state index in [1.807, 2.05) is 12.1 Å². The fraction of sp³-hybridized carbons (Fsp3) is 0. The Kier molecular flexibility index (Phi) is 3.34. The Morgan fingerprint density at radius 3 is 2.62 bits per heavy atom. The molecule has 3 aromatic rings. The fourth-order valence-corrected chi connectivity index (χ4v) is 1.90. The molecule has 0 atom stereocenters. The third-order valence-electron chi connectivity index (χ3n) is 3.00. The van der Waals surface area contributed by atoms with Gasteiger partial charge < -0.3 is 10.4 Å². The van der Waals surface area contributed by atoms with Gasteiger partial charge in [0.1, 0.15) is 0 Å². The molecule has 3 rings (SSSR count). The molecular formula is C15H12N4O2. The highest BCUT2D eigenvalue weighted by Gasteiger charge is 2.09. The molecule has 0 aliphatic rings. The van der Waals surface area contributed by atoms with Gasteiger partial charge in [0.15, 0.2) is 11.6 Å². The first-order valence-corrected chi connectivity index (χ1v) is 6.28. The van der Waals surface area contributed by atoms with E-state index in [9.17, 15) is 9.90 Å². The summed E-state index contributed by atoms with van der Waals surface area (Å²) in [6.07, 6.45) is 4.99. The maximum Gasteiger partial charge on any atom is 0.256 e. The summed E-state index contributed by atoms with van der Waals surface area (Å²) in [5.41, 5.74) is 2.39. The summed E-state index contributed by atoms with van der Waals surface area (Å²) in [6.45, 7) is 0. The average Bonchev–Trinajstić information content (AvgIpc) is 3.04. The second-order valence-corrected chi connectivity index (χ2v) is 4.39. The molecule has 0 bridgehead atoms. The van der Waals surface area contributed by atoms with Crippen molar-refractivity contribution >= 4 is 11.7 Å². The van der Waals surface area contributed by atoms with Crippen LogP contribution in [-0.2, 0) is 0 Å². The molecule has 0 fully saturated rings. The molecule has 0 unspecified atom stereocenters. The number of nitrogens with one attached hydrogen (secondary N) is 2. The summed E-state index contributed by atoms with van der Waals surface area (Å²) >= 11 is 0. The largest absolute Gasteiger partial charge is 0.504 e. The van der Waals surface area contributed by atoms with Crippen molar-refractivity contribution in [2.45, 2.75) is 0 Å². The van der Waals surface area contributed by atoms with Crippen molar-refractivity contribution in [2.75, 3.05) is 5.32 Å². The van der Waals surface area contributed by atoms with Gasteiger partial charge in [-0.2, -0.15) is 5.10 Å². The van der Waals surface area contributed by atoms with Gasteiger partial charge in [-0.25, -0.2) is 4.98 Å². The lowest BCUT2D eigenvalue weighted by Crippen LogP contribution is -2.12. The lowest BCUT2D eigenvalue weighted by molar-refractivity contribution is 0.102. The SMILES string of the molecule is O=C(Nc1ncccc1O)c1ccc(-c2cn[nH]c2)cc1. The van der Waals surface area contributed by atoms with Gasteiger partial charge in [0, 0.05) is 23.5 Å². The van der Waals surface area contributed by atoms with Crippen LogP contribution in [0.25, 0.3) is 11.1 Å². The number of aromatic nitrogens is 3. The highest BCUT2D eigenvalue weighted by Crippen LogP contribution is 2.21. The standard InChI is InChI=1S/C15H12N4O2/c20-13-2-1-7-16-14(13)19-15(21)11-5-3-10(4-6-11)12-8-17-18-9-12/h1-9,20H,(H,17,18)(H,16,19,21). The Hall–Kier alpha value is -3.15. The zero-order valence-electron chi connectivity index (χ0n) is 10.9. The van der Waals surface area contributed by atoms with Crippen molar-refractivity contribution in [2.24, 2.45) is 0 Å². The van der Waals surface area contributed by atoms with Crippen LogP contribution in [0.15, 0.2) is 55.0 Å². The maximum atomic E-state index is 12.1. The van der Waals surface area contributed by atoms with Gasteiger partial charge in [0.05, 0.1) is 6.20 Å². The Labute approximate surface area is 120 Å².